The molecule has 0 unspecified atom stereocenters. The minimum Gasteiger partial charge on any atom is -0.363 e. The molecular formula is C11H14N4O2S. The van der Waals surface area contributed by atoms with Crippen LogP contribution in [-0.4, -0.2) is 18.4 Å². The van der Waals surface area contributed by atoms with Crippen molar-refractivity contribution in [3.05, 3.63) is 42.0 Å². The van der Waals surface area contributed by atoms with Crippen molar-refractivity contribution in [2.24, 2.45) is 5.73 Å². The first-order valence-electron chi connectivity index (χ1n) is 5.34. The van der Waals surface area contributed by atoms with E-state index in [2.05, 4.69) is 14.7 Å². The zero-order chi connectivity index (χ0) is 13.2. The summed E-state index contributed by atoms with van der Waals surface area (Å²) in [7, 11) is -3.59. The van der Waals surface area contributed by atoms with E-state index in [0.717, 1.165) is 5.69 Å². The first-order valence-corrected chi connectivity index (χ1v) is 6.82. The molecule has 2 rings (SSSR count). The first-order chi connectivity index (χ1) is 8.51. The molecule has 0 bridgehead atoms. The lowest BCUT2D eigenvalue weighted by Gasteiger charge is -2.05. The average Bonchev–Trinajstić information content (AvgIpc) is 2.81. The number of H-pyrrole nitrogens is 1. The van der Waals surface area contributed by atoms with Crippen molar-refractivity contribution in [2.45, 2.75) is 18.4 Å². The fraction of sp³-hybridized carbons (Fsp3) is 0.182. The highest BCUT2D eigenvalue weighted by Gasteiger charge is 2.15. The second-order valence-electron chi connectivity index (χ2n) is 3.86. The Morgan fingerprint density at radius 2 is 2.22 bits per heavy atom. The predicted molar refractivity (Wildman–Crippen MR) is 68.5 cm³/mol. The van der Waals surface area contributed by atoms with E-state index in [1.807, 2.05) is 6.92 Å². The topological polar surface area (TPSA) is 101 Å². The van der Waals surface area contributed by atoms with Crippen molar-refractivity contribution < 1.29 is 8.42 Å². The standard InChI is InChI=1S/C11H14N4O2S/c1-8-2-3-9(6-13-8)15-18(16,17)11-4-10(5-12)14-7-11/h2-4,6-7,14-15H,5,12H2,1H3. The molecule has 0 aliphatic heterocycles. The van der Waals surface area contributed by atoms with Gasteiger partial charge in [-0.1, -0.05) is 0 Å². The summed E-state index contributed by atoms with van der Waals surface area (Å²) in [6.07, 6.45) is 2.88. The van der Waals surface area contributed by atoms with Gasteiger partial charge in [0.2, 0.25) is 0 Å². The number of hydrogen-bond donors (Lipinski definition) is 3. The van der Waals surface area contributed by atoms with E-state index in [1.54, 1.807) is 12.1 Å². The Labute approximate surface area is 105 Å². The fourth-order valence-corrected chi connectivity index (χ4v) is 2.49. The largest absolute Gasteiger partial charge is 0.363 e. The lowest BCUT2D eigenvalue weighted by atomic mass is 10.4. The van der Waals surface area contributed by atoms with Crippen molar-refractivity contribution in [2.75, 3.05) is 4.72 Å². The molecular weight excluding hydrogens is 252 g/mol. The van der Waals surface area contributed by atoms with Gasteiger partial charge >= 0.3 is 0 Å². The van der Waals surface area contributed by atoms with Crippen LogP contribution in [-0.2, 0) is 16.6 Å². The summed E-state index contributed by atoms with van der Waals surface area (Å²) in [5.74, 6) is 0. The zero-order valence-corrected chi connectivity index (χ0v) is 10.7. The minimum atomic E-state index is -3.59. The van der Waals surface area contributed by atoms with Gasteiger partial charge in [0.15, 0.2) is 0 Å². The molecule has 0 atom stereocenters. The van der Waals surface area contributed by atoms with Crippen molar-refractivity contribution in [3.8, 4) is 0 Å². The molecule has 0 amide bonds. The summed E-state index contributed by atoms with van der Waals surface area (Å²) >= 11 is 0. The van der Waals surface area contributed by atoms with Crippen LogP contribution < -0.4 is 10.5 Å². The smallest absolute Gasteiger partial charge is 0.263 e. The Morgan fingerprint density at radius 3 is 2.78 bits per heavy atom. The molecule has 0 saturated carbocycles. The first kappa shape index (κ1) is 12.6. The highest BCUT2D eigenvalue weighted by Crippen LogP contribution is 2.16. The third kappa shape index (κ3) is 2.69. The van der Waals surface area contributed by atoms with Gasteiger partial charge in [-0.3, -0.25) is 9.71 Å². The van der Waals surface area contributed by atoms with E-state index < -0.39 is 10.0 Å². The van der Waals surface area contributed by atoms with Crippen LogP contribution in [0.2, 0.25) is 0 Å². The number of nitrogens with zero attached hydrogens (tertiary/aromatic N) is 1. The Morgan fingerprint density at radius 1 is 1.44 bits per heavy atom. The lowest BCUT2D eigenvalue weighted by Crippen LogP contribution is -2.12. The molecule has 0 fully saturated rings. The van der Waals surface area contributed by atoms with Gasteiger partial charge in [0, 0.05) is 24.1 Å². The van der Waals surface area contributed by atoms with Crippen LogP contribution in [0.5, 0.6) is 0 Å². The highest BCUT2D eigenvalue weighted by atomic mass is 32.2. The maximum Gasteiger partial charge on any atom is 0.263 e. The Bertz CT molecular complexity index is 631. The fourth-order valence-electron chi connectivity index (χ4n) is 1.43. The number of hydrogen-bond acceptors (Lipinski definition) is 4. The van der Waals surface area contributed by atoms with E-state index in [0.29, 0.717) is 11.4 Å². The molecule has 0 saturated heterocycles. The van der Waals surface area contributed by atoms with Crippen molar-refractivity contribution in [3.63, 3.8) is 0 Å². The molecule has 18 heavy (non-hydrogen) atoms. The average molecular weight is 266 g/mol. The van der Waals surface area contributed by atoms with Crippen LogP contribution in [0.4, 0.5) is 5.69 Å². The van der Waals surface area contributed by atoms with Gasteiger partial charge in [0.1, 0.15) is 4.90 Å². The van der Waals surface area contributed by atoms with Gasteiger partial charge in [-0.25, -0.2) is 8.42 Å². The van der Waals surface area contributed by atoms with Gasteiger partial charge in [0.25, 0.3) is 10.0 Å². The van der Waals surface area contributed by atoms with Crippen LogP contribution in [0, 0.1) is 6.92 Å². The monoisotopic (exact) mass is 266 g/mol. The van der Waals surface area contributed by atoms with Gasteiger partial charge in [-0.15, -0.1) is 0 Å². The number of aryl methyl sites for hydroxylation is 1. The van der Waals surface area contributed by atoms with Crippen LogP contribution in [0.1, 0.15) is 11.4 Å². The van der Waals surface area contributed by atoms with Crippen LogP contribution in [0.3, 0.4) is 0 Å². The highest BCUT2D eigenvalue weighted by molar-refractivity contribution is 7.92. The lowest BCUT2D eigenvalue weighted by molar-refractivity contribution is 0.601. The molecule has 0 aromatic carbocycles. The summed E-state index contributed by atoms with van der Waals surface area (Å²) in [4.78, 5) is 6.98. The molecule has 96 valence electrons. The molecule has 2 heterocycles. The molecule has 2 aromatic rings. The van der Waals surface area contributed by atoms with Gasteiger partial charge in [-0.2, -0.15) is 0 Å². The number of aromatic amines is 1. The molecule has 2 aromatic heterocycles. The van der Waals surface area contributed by atoms with E-state index in [4.69, 9.17) is 5.73 Å². The second kappa shape index (κ2) is 4.79. The summed E-state index contributed by atoms with van der Waals surface area (Å²) in [6, 6.07) is 4.90. The Balaban J connectivity index is 2.24. The number of nitrogens with one attached hydrogen (secondary N) is 2. The van der Waals surface area contributed by atoms with Crippen molar-refractivity contribution >= 4 is 15.7 Å². The quantitative estimate of drug-likeness (QED) is 0.767. The van der Waals surface area contributed by atoms with Crippen molar-refractivity contribution in [1.29, 1.82) is 0 Å². The maximum atomic E-state index is 12.0. The van der Waals surface area contributed by atoms with Gasteiger partial charge in [-0.05, 0) is 25.1 Å². The summed E-state index contributed by atoms with van der Waals surface area (Å²) in [6.45, 7) is 2.10. The van der Waals surface area contributed by atoms with E-state index in [-0.39, 0.29) is 11.4 Å². The number of aromatic nitrogens is 2. The number of nitrogens with two attached hydrogens (primary N) is 1. The Kier molecular flexibility index (Phi) is 3.35. The SMILES string of the molecule is Cc1ccc(NS(=O)(=O)c2c[nH]c(CN)c2)cn1. The second-order valence-corrected chi connectivity index (χ2v) is 5.54. The summed E-state index contributed by atoms with van der Waals surface area (Å²) < 4.78 is 26.5. The molecule has 0 aliphatic carbocycles. The van der Waals surface area contributed by atoms with Crippen LogP contribution in [0.15, 0.2) is 35.5 Å². The normalized spacial score (nSPS) is 11.4. The molecule has 7 heteroatoms. The summed E-state index contributed by atoms with van der Waals surface area (Å²) in [5.41, 5.74) is 7.33. The molecule has 4 N–H and O–H groups in total. The summed E-state index contributed by atoms with van der Waals surface area (Å²) in [5, 5.41) is 0. The number of sulfonamides is 1. The third-order valence-corrected chi connectivity index (χ3v) is 3.77. The van der Waals surface area contributed by atoms with Gasteiger partial charge < -0.3 is 10.7 Å². The molecule has 6 nitrogen and oxygen atoms in total. The van der Waals surface area contributed by atoms with E-state index >= 15 is 0 Å². The molecule has 0 aliphatic rings. The number of anilines is 1. The van der Waals surface area contributed by atoms with Crippen LogP contribution in [0.25, 0.3) is 0 Å². The number of rotatable bonds is 4. The maximum absolute atomic E-state index is 12.0. The zero-order valence-electron chi connectivity index (χ0n) is 9.84. The van der Waals surface area contributed by atoms with Crippen molar-refractivity contribution in [1.82, 2.24) is 9.97 Å². The van der Waals surface area contributed by atoms with E-state index in [9.17, 15) is 8.42 Å². The predicted octanol–water partition coefficient (Wildman–Crippen LogP) is 0.978. The van der Waals surface area contributed by atoms with E-state index in [1.165, 1.54) is 18.5 Å². The molecule has 0 spiro atoms. The minimum absolute atomic E-state index is 0.156. The third-order valence-electron chi connectivity index (χ3n) is 2.41. The van der Waals surface area contributed by atoms with Gasteiger partial charge in [0.05, 0.1) is 11.9 Å². The van der Waals surface area contributed by atoms with Crippen LogP contribution >= 0.6 is 0 Å². The Hall–Kier alpha value is -1.86. The molecule has 0 radical (unpaired) electrons. The number of pyridine rings is 1.